The van der Waals surface area contributed by atoms with Gasteiger partial charge >= 0.3 is 0 Å². The van der Waals surface area contributed by atoms with Crippen LogP contribution in [0, 0.1) is 0 Å². The van der Waals surface area contributed by atoms with E-state index in [9.17, 15) is 0 Å². The Bertz CT molecular complexity index is 3430. The van der Waals surface area contributed by atoms with Gasteiger partial charge in [-0.1, -0.05) is 146 Å². The molecule has 2 aliphatic rings. The summed E-state index contributed by atoms with van der Waals surface area (Å²) < 4.78 is 16.3. The van der Waals surface area contributed by atoms with Crippen molar-refractivity contribution in [2.24, 2.45) is 0 Å². The quantitative estimate of drug-likeness (QED) is 0.133. The van der Waals surface area contributed by atoms with E-state index in [4.69, 9.17) is 9.47 Å². The molecule has 0 spiro atoms. The van der Waals surface area contributed by atoms with Crippen LogP contribution in [0.4, 0.5) is 0 Å². The van der Waals surface area contributed by atoms with Gasteiger partial charge in [-0.2, -0.15) is 0 Å². The van der Waals surface area contributed by atoms with Crippen molar-refractivity contribution in [3.63, 3.8) is 0 Å². The zero-order valence-corrected chi connectivity index (χ0v) is 31.3. The monoisotopic (exact) mass is 737 g/mol. The maximum Gasteiger partial charge on any atom is 0.260 e. The smallest absolute Gasteiger partial charge is 0.260 e. The van der Waals surface area contributed by atoms with Crippen molar-refractivity contribution in [3.05, 3.63) is 194 Å². The number of rotatable bonds is 3. The second-order valence-electron chi connectivity index (χ2n) is 15.6. The minimum Gasteiger partial charge on any atom is -0.458 e. The van der Waals surface area contributed by atoms with Crippen LogP contribution in [0.1, 0.15) is 0 Å². The minimum absolute atomic E-state index is 0.0382. The van der Waals surface area contributed by atoms with Gasteiger partial charge in [0.25, 0.3) is 6.71 Å². The number of fused-ring (bicyclic) bond motifs is 10. The van der Waals surface area contributed by atoms with E-state index in [1.807, 2.05) is 0 Å². The maximum atomic E-state index is 7.13. The SMILES string of the molecule is c1ccc2c(c1)Oc1cc(-c3c4ccccc4c(-c4ccc5ccccc5c4)c4ccccc34)cc3c1B2c1ccc(-n2c4ccccc4c4ccccc42)cc1O3. The predicted octanol–water partition coefficient (Wildman–Crippen LogP) is 12.3. The van der Waals surface area contributed by atoms with Crippen molar-refractivity contribution in [2.75, 3.05) is 0 Å². The Morgan fingerprint density at radius 1 is 0.345 bits per heavy atom. The van der Waals surface area contributed by atoms with Gasteiger partial charge < -0.3 is 14.0 Å². The second kappa shape index (κ2) is 12.0. The van der Waals surface area contributed by atoms with E-state index in [1.54, 1.807) is 0 Å². The number of benzene rings is 10. The van der Waals surface area contributed by atoms with E-state index in [0.717, 1.165) is 50.6 Å². The summed E-state index contributed by atoms with van der Waals surface area (Å²) in [5.74, 6) is 3.40. The molecule has 0 saturated carbocycles. The largest absolute Gasteiger partial charge is 0.458 e. The molecule has 11 aromatic rings. The summed E-state index contributed by atoms with van der Waals surface area (Å²) in [6.07, 6.45) is 0. The van der Waals surface area contributed by atoms with Crippen LogP contribution in [-0.2, 0) is 0 Å². The normalized spacial score (nSPS) is 12.7. The van der Waals surface area contributed by atoms with Gasteiger partial charge in [0.2, 0.25) is 0 Å². The highest BCUT2D eigenvalue weighted by molar-refractivity contribution is 6.98. The Kier molecular flexibility index (Phi) is 6.53. The van der Waals surface area contributed by atoms with Gasteiger partial charge in [-0.15, -0.1) is 0 Å². The molecule has 0 saturated heterocycles. The molecular weight excluding hydrogens is 705 g/mol. The van der Waals surface area contributed by atoms with Crippen LogP contribution in [0.5, 0.6) is 23.0 Å². The topological polar surface area (TPSA) is 23.4 Å². The summed E-state index contributed by atoms with van der Waals surface area (Å²) in [5, 5.41) is 9.75. The van der Waals surface area contributed by atoms with Crippen molar-refractivity contribution >= 4 is 77.2 Å². The first-order chi connectivity index (χ1) is 28.8. The molecule has 13 rings (SSSR count). The fourth-order valence-electron chi connectivity index (χ4n) is 10.0. The molecule has 58 heavy (non-hydrogen) atoms. The van der Waals surface area contributed by atoms with Crippen molar-refractivity contribution in [1.29, 1.82) is 0 Å². The van der Waals surface area contributed by atoms with E-state index < -0.39 is 0 Å². The Hall–Kier alpha value is -7.56. The summed E-state index contributed by atoms with van der Waals surface area (Å²) in [6.45, 7) is -0.0382. The highest BCUT2D eigenvalue weighted by Crippen LogP contribution is 2.47. The van der Waals surface area contributed by atoms with E-state index in [2.05, 4.69) is 199 Å². The first kappa shape index (κ1) is 31.6. The summed E-state index contributed by atoms with van der Waals surface area (Å²) >= 11 is 0. The summed E-state index contributed by atoms with van der Waals surface area (Å²) in [7, 11) is 0. The van der Waals surface area contributed by atoms with E-state index >= 15 is 0 Å². The van der Waals surface area contributed by atoms with Gasteiger partial charge in [0.05, 0.1) is 11.0 Å². The van der Waals surface area contributed by atoms with Crippen LogP contribution in [0.3, 0.4) is 0 Å². The molecule has 0 amide bonds. The molecule has 2 aliphatic heterocycles. The molecule has 0 atom stereocenters. The average Bonchev–Trinajstić information content (AvgIpc) is 3.62. The van der Waals surface area contributed by atoms with Gasteiger partial charge in [-0.05, 0) is 108 Å². The lowest BCUT2D eigenvalue weighted by molar-refractivity contribution is 0.465. The Labute approximate surface area is 335 Å². The van der Waals surface area contributed by atoms with Crippen LogP contribution in [0.15, 0.2) is 194 Å². The molecular formula is C54H32BNO2. The molecule has 0 unspecified atom stereocenters. The summed E-state index contributed by atoms with van der Waals surface area (Å²) in [6, 6.07) is 70.1. The minimum atomic E-state index is -0.0382. The van der Waals surface area contributed by atoms with Crippen molar-refractivity contribution < 1.29 is 9.47 Å². The molecule has 4 heteroatoms. The summed E-state index contributed by atoms with van der Waals surface area (Å²) in [5.41, 5.74) is 11.4. The van der Waals surface area contributed by atoms with Gasteiger partial charge in [-0.25, -0.2) is 0 Å². The van der Waals surface area contributed by atoms with Crippen molar-refractivity contribution in [3.8, 4) is 50.9 Å². The van der Waals surface area contributed by atoms with Crippen molar-refractivity contribution in [1.82, 2.24) is 4.57 Å². The molecule has 0 fully saturated rings. The Balaban J connectivity index is 1.04. The number of para-hydroxylation sites is 3. The third-order valence-corrected chi connectivity index (χ3v) is 12.5. The lowest BCUT2D eigenvalue weighted by Gasteiger charge is -2.33. The van der Waals surface area contributed by atoms with Gasteiger partial charge in [0.1, 0.15) is 23.0 Å². The van der Waals surface area contributed by atoms with E-state index in [1.165, 1.54) is 70.8 Å². The van der Waals surface area contributed by atoms with Crippen LogP contribution >= 0.6 is 0 Å². The lowest BCUT2D eigenvalue weighted by atomic mass is 9.35. The zero-order valence-electron chi connectivity index (χ0n) is 31.3. The third-order valence-electron chi connectivity index (χ3n) is 12.5. The van der Waals surface area contributed by atoms with Gasteiger partial charge in [-0.3, -0.25) is 0 Å². The molecule has 0 radical (unpaired) electrons. The Morgan fingerprint density at radius 3 is 1.53 bits per heavy atom. The highest BCUT2D eigenvalue weighted by Gasteiger charge is 2.40. The summed E-state index contributed by atoms with van der Waals surface area (Å²) in [4.78, 5) is 0. The van der Waals surface area contributed by atoms with E-state index in [-0.39, 0.29) is 6.71 Å². The number of aromatic nitrogens is 1. The van der Waals surface area contributed by atoms with Crippen LogP contribution in [-0.4, -0.2) is 11.3 Å². The lowest BCUT2D eigenvalue weighted by Crippen LogP contribution is -2.57. The fourth-order valence-corrected chi connectivity index (χ4v) is 10.0. The van der Waals surface area contributed by atoms with Crippen LogP contribution in [0.2, 0.25) is 0 Å². The van der Waals surface area contributed by atoms with Crippen molar-refractivity contribution in [2.45, 2.75) is 0 Å². The first-order valence-electron chi connectivity index (χ1n) is 19.9. The molecule has 0 aliphatic carbocycles. The number of hydrogen-bond donors (Lipinski definition) is 0. The van der Waals surface area contributed by atoms with Gasteiger partial charge in [0.15, 0.2) is 0 Å². The molecule has 268 valence electrons. The average molecular weight is 738 g/mol. The number of ether oxygens (including phenoxy) is 2. The molecule has 3 heterocycles. The molecule has 0 bridgehead atoms. The molecule has 10 aromatic carbocycles. The fraction of sp³-hybridized carbons (Fsp3) is 0. The molecule has 0 N–H and O–H groups in total. The molecule has 3 nitrogen and oxygen atoms in total. The highest BCUT2D eigenvalue weighted by atomic mass is 16.5. The van der Waals surface area contributed by atoms with Crippen LogP contribution < -0.4 is 25.9 Å². The number of nitrogens with zero attached hydrogens (tertiary/aromatic N) is 1. The zero-order chi connectivity index (χ0) is 37.9. The first-order valence-corrected chi connectivity index (χ1v) is 19.9. The third kappa shape index (κ3) is 4.46. The van der Waals surface area contributed by atoms with Crippen LogP contribution in [0.25, 0.3) is 82.1 Å². The van der Waals surface area contributed by atoms with Gasteiger partial charge in [0, 0.05) is 28.0 Å². The molecule has 1 aromatic heterocycles. The van der Waals surface area contributed by atoms with E-state index in [0.29, 0.717) is 0 Å². The number of hydrogen-bond acceptors (Lipinski definition) is 2. The second-order valence-corrected chi connectivity index (χ2v) is 15.6. The Morgan fingerprint density at radius 2 is 0.862 bits per heavy atom. The maximum absolute atomic E-state index is 7.13. The standard InChI is InChI=1S/C54H32BNO2/c1-2-14-34-29-35(26-25-33(34)13-1)52-40-17-3-5-19-42(40)53(43-20-6-4-18-41(43)52)36-30-50-54-51(31-36)58-49-32-37(27-28-45(49)55(54)44-21-9-12-24-48(44)57-50)56-46-22-10-7-15-38(46)39-16-8-11-23-47(39)56/h1-32H. The predicted molar refractivity (Wildman–Crippen MR) is 242 cm³/mol.